The molecule has 16 heavy (non-hydrogen) atoms. The molecule has 1 aliphatic heterocycles. The van der Waals surface area contributed by atoms with E-state index in [0.717, 1.165) is 18.7 Å². The van der Waals surface area contributed by atoms with Crippen LogP contribution < -0.4 is 10.1 Å². The number of hydrogen-bond donors (Lipinski definition) is 1. The fraction of sp³-hybridized carbons (Fsp3) is 0.455. The molecule has 0 atom stereocenters. The largest absolute Gasteiger partial charge is 0.484 e. The third kappa shape index (κ3) is 2.88. The molecule has 1 aliphatic rings. The lowest BCUT2D eigenvalue weighted by Crippen LogP contribution is -2.39. The number of alkyl halides is 3. The molecule has 0 aliphatic carbocycles. The van der Waals surface area contributed by atoms with Gasteiger partial charge in [0.25, 0.3) is 0 Å². The highest BCUT2D eigenvalue weighted by Gasteiger charge is 2.28. The zero-order valence-electron chi connectivity index (χ0n) is 8.55. The molecule has 1 aromatic carbocycles. The van der Waals surface area contributed by atoms with Crippen LogP contribution in [0.1, 0.15) is 11.5 Å². The zero-order chi connectivity index (χ0) is 11.6. The van der Waals surface area contributed by atoms with Gasteiger partial charge in [-0.1, -0.05) is 12.1 Å². The number of halogens is 3. The minimum atomic E-state index is -4.28. The normalized spacial score (nSPS) is 16.9. The molecule has 0 unspecified atom stereocenters. The lowest BCUT2D eigenvalue weighted by atomic mass is 9.94. The second-order valence-corrected chi connectivity index (χ2v) is 3.83. The molecule has 88 valence electrons. The third-order valence-corrected chi connectivity index (χ3v) is 2.54. The van der Waals surface area contributed by atoms with E-state index in [-0.39, 0.29) is 5.75 Å². The SMILES string of the molecule is FC(F)(F)COc1ccc(C2CNC2)cc1. The van der Waals surface area contributed by atoms with Crippen molar-refractivity contribution in [1.82, 2.24) is 5.32 Å². The Morgan fingerprint density at radius 2 is 1.81 bits per heavy atom. The van der Waals surface area contributed by atoms with Crippen molar-refractivity contribution in [3.8, 4) is 5.75 Å². The Hall–Kier alpha value is -1.23. The van der Waals surface area contributed by atoms with Crippen LogP contribution in [-0.2, 0) is 0 Å². The molecule has 1 fully saturated rings. The first-order valence-electron chi connectivity index (χ1n) is 5.05. The van der Waals surface area contributed by atoms with Crippen LogP contribution in [0.5, 0.6) is 5.75 Å². The Morgan fingerprint density at radius 1 is 1.19 bits per heavy atom. The summed E-state index contributed by atoms with van der Waals surface area (Å²) in [4.78, 5) is 0. The van der Waals surface area contributed by atoms with Crippen LogP contribution in [0, 0.1) is 0 Å². The summed E-state index contributed by atoms with van der Waals surface area (Å²) in [6.45, 7) is 0.628. The van der Waals surface area contributed by atoms with Gasteiger partial charge in [0.05, 0.1) is 0 Å². The maximum absolute atomic E-state index is 11.9. The number of hydrogen-bond acceptors (Lipinski definition) is 2. The molecule has 0 amide bonds. The molecule has 0 radical (unpaired) electrons. The Balaban J connectivity index is 1.91. The fourth-order valence-corrected chi connectivity index (χ4v) is 1.53. The highest BCUT2D eigenvalue weighted by atomic mass is 19.4. The van der Waals surface area contributed by atoms with E-state index in [2.05, 4.69) is 10.1 Å². The van der Waals surface area contributed by atoms with Crippen molar-refractivity contribution >= 4 is 0 Å². The summed E-state index contributed by atoms with van der Waals surface area (Å²) in [5.41, 5.74) is 1.14. The maximum Gasteiger partial charge on any atom is 0.422 e. The summed E-state index contributed by atoms with van der Waals surface area (Å²) in [5, 5.41) is 3.14. The topological polar surface area (TPSA) is 21.3 Å². The second kappa shape index (κ2) is 4.33. The van der Waals surface area contributed by atoms with Crippen molar-refractivity contribution in [2.24, 2.45) is 0 Å². The first-order chi connectivity index (χ1) is 7.54. The molecule has 1 N–H and O–H groups in total. The van der Waals surface area contributed by atoms with Gasteiger partial charge in [0.15, 0.2) is 6.61 Å². The molecule has 1 saturated heterocycles. The van der Waals surface area contributed by atoms with Gasteiger partial charge in [-0.05, 0) is 17.7 Å². The number of nitrogens with one attached hydrogen (secondary N) is 1. The molecule has 0 saturated carbocycles. The molecule has 0 bridgehead atoms. The van der Waals surface area contributed by atoms with E-state index in [0.29, 0.717) is 5.92 Å². The molecule has 0 aromatic heterocycles. The number of benzene rings is 1. The Morgan fingerprint density at radius 3 is 2.25 bits per heavy atom. The summed E-state index contributed by atoms with van der Waals surface area (Å²) in [5.74, 6) is 0.741. The fourth-order valence-electron chi connectivity index (χ4n) is 1.53. The summed E-state index contributed by atoms with van der Waals surface area (Å²) >= 11 is 0. The van der Waals surface area contributed by atoms with Gasteiger partial charge in [-0.3, -0.25) is 0 Å². The Labute approximate surface area is 91.4 Å². The quantitative estimate of drug-likeness (QED) is 0.861. The molecule has 2 rings (SSSR count). The van der Waals surface area contributed by atoms with Gasteiger partial charge in [-0.2, -0.15) is 13.2 Å². The van der Waals surface area contributed by atoms with Gasteiger partial charge in [-0.15, -0.1) is 0 Å². The van der Waals surface area contributed by atoms with E-state index in [4.69, 9.17) is 0 Å². The maximum atomic E-state index is 11.9. The van der Waals surface area contributed by atoms with E-state index >= 15 is 0 Å². The molecule has 1 heterocycles. The van der Waals surface area contributed by atoms with Gasteiger partial charge in [0.1, 0.15) is 5.75 Å². The van der Waals surface area contributed by atoms with Gasteiger partial charge >= 0.3 is 6.18 Å². The van der Waals surface area contributed by atoms with Crippen molar-refractivity contribution in [2.45, 2.75) is 12.1 Å². The van der Waals surface area contributed by atoms with Crippen LogP contribution >= 0.6 is 0 Å². The van der Waals surface area contributed by atoms with Crippen LogP contribution in [0.3, 0.4) is 0 Å². The summed E-state index contributed by atoms with van der Waals surface area (Å²) in [6, 6.07) is 6.80. The average Bonchev–Trinajstić information content (AvgIpc) is 2.13. The highest BCUT2D eigenvalue weighted by molar-refractivity contribution is 5.30. The van der Waals surface area contributed by atoms with Gasteiger partial charge in [0, 0.05) is 19.0 Å². The first kappa shape index (κ1) is 11.3. The summed E-state index contributed by atoms with van der Waals surface area (Å²) in [7, 11) is 0. The molecule has 2 nitrogen and oxygen atoms in total. The average molecular weight is 231 g/mol. The van der Waals surface area contributed by atoms with Crippen molar-refractivity contribution in [3.05, 3.63) is 29.8 Å². The summed E-state index contributed by atoms with van der Waals surface area (Å²) in [6.07, 6.45) is -4.28. The van der Waals surface area contributed by atoms with Gasteiger partial charge in [0.2, 0.25) is 0 Å². The molecule has 5 heteroatoms. The predicted molar refractivity (Wildman–Crippen MR) is 53.6 cm³/mol. The predicted octanol–water partition coefficient (Wildman–Crippen LogP) is 2.31. The van der Waals surface area contributed by atoms with E-state index in [1.54, 1.807) is 12.1 Å². The lowest BCUT2D eigenvalue weighted by molar-refractivity contribution is -0.153. The first-order valence-corrected chi connectivity index (χ1v) is 5.05. The van der Waals surface area contributed by atoms with E-state index in [1.807, 2.05) is 12.1 Å². The molecular weight excluding hydrogens is 219 g/mol. The van der Waals surface area contributed by atoms with E-state index in [9.17, 15) is 13.2 Å². The molecule has 1 aromatic rings. The van der Waals surface area contributed by atoms with Gasteiger partial charge < -0.3 is 10.1 Å². The molecule has 0 spiro atoms. The smallest absolute Gasteiger partial charge is 0.422 e. The Bertz CT molecular complexity index is 343. The van der Waals surface area contributed by atoms with Crippen LogP contribution in [0.2, 0.25) is 0 Å². The number of rotatable bonds is 3. The monoisotopic (exact) mass is 231 g/mol. The van der Waals surface area contributed by atoms with Crippen LogP contribution in [0.4, 0.5) is 13.2 Å². The lowest BCUT2D eigenvalue weighted by Gasteiger charge is -2.27. The summed E-state index contributed by atoms with van der Waals surface area (Å²) < 4.78 is 40.3. The standard InChI is InChI=1S/C11H12F3NO/c12-11(13,14)7-16-10-3-1-8(2-4-10)9-5-15-6-9/h1-4,9,15H,5-7H2. The van der Waals surface area contributed by atoms with E-state index < -0.39 is 12.8 Å². The van der Waals surface area contributed by atoms with Gasteiger partial charge in [-0.25, -0.2) is 0 Å². The molecular formula is C11H12F3NO. The number of ether oxygens (including phenoxy) is 1. The van der Waals surface area contributed by atoms with Crippen LogP contribution in [0.25, 0.3) is 0 Å². The highest BCUT2D eigenvalue weighted by Crippen LogP contribution is 2.23. The van der Waals surface area contributed by atoms with Crippen molar-refractivity contribution in [3.63, 3.8) is 0 Å². The van der Waals surface area contributed by atoms with Crippen molar-refractivity contribution < 1.29 is 17.9 Å². The minimum Gasteiger partial charge on any atom is -0.484 e. The third-order valence-electron chi connectivity index (χ3n) is 2.54. The van der Waals surface area contributed by atoms with Crippen molar-refractivity contribution in [2.75, 3.05) is 19.7 Å². The minimum absolute atomic E-state index is 0.258. The zero-order valence-corrected chi connectivity index (χ0v) is 8.55. The second-order valence-electron chi connectivity index (χ2n) is 3.83. The van der Waals surface area contributed by atoms with Crippen LogP contribution in [-0.4, -0.2) is 25.9 Å². The van der Waals surface area contributed by atoms with Crippen molar-refractivity contribution in [1.29, 1.82) is 0 Å². The van der Waals surface area contributed by atoms with E-state index in [1.165, 1.54) is 0 Å². The Kier molecular flexibility index (Phi) is 3.05. The van der Waals surface area contributed by atoms with Crippen LogP contribution in [0.15, 0.2) is 24.3 Å².